The van der Waals surface area contributed by atoms with Gasteiger partial charge >= 0.3 is 12.1 Å². The number of amides is 1. The minimum absolute atomic E-state index is 0.154. The Morgan fingerprint density at radius 2 is 1.89 bits per heavy atom. The van der Waals surface area contributed by atoms with E-state index in [1.54, 1.807) is 24.3 Å². The fourth-order valence-electron chi connectivity index (χ4n) is 2.97. The fourth-order valence-corrected chi connectivity index (χ4v) is 4.57. The molecule has 3 rings (SSSR count). The summed E-state index contributed by atoms with van der Waals surface area (Å²) in [6.45, 7) is 0. The zero-order valence-electron chi connectivity index (χ0n) is 14.6. The summed E-state index contributed by atoms with van der Waals surface area (Å²) >= 11 is 7.36. The highest BCUT2D eigenvalue weighted by Gasteiger charge is 2.43. The van der Waals surface area contributed by atoms with Crippen LogP contribution in [-0.2, 0) is 15.7 Å². The van der Waals surface area contributed by atoms with Crippen LogP contribution in [-0.4, -0.2) is 35.7 Å². The molecule has 4 nitrogen and oxygen atoms in total. The van der Waals surface area contributed by atoms with Crippen molar-refractivity contribution in [2.75, 3.05) is 12.9 Å². The van der Waals surface area contributed by atoms with E-state index in [4.69, 9.17) is 16.3 Å². The topological polar surface area (TPSA) is 46.6 Å². The molecule has 0 spiro atoms. The van der Waals surface area contributed by atoms with Gasteiger partial charge in [0.15, 0.2) is 0 Å². The molecule has 0 radical (unpaired) electrons. The largest absolute Gasteiger partial charge is 0.467 e. The van der Waals surface area contributed by atoms with Gasteiger partial charge in [0.2, 0.25) is 0 Å². The number of ether oxygens (including phenoxy) is 1. The molecule has 0 saturated carbocycles. The van der Waals surface area contributed by atoms with Crippen LogP contribution in [0.1, 0.15) is 26.9 Å². The molecule has 0 bridgehead atoms. The summed E-state index contributed by atoms with van der Waals surface area (Å²) < 4.78 is 43.9. The third kappa shape index (κ3) is 4.12. The number of hydrogen-bond acceptors (Lipinski definition) is 4. The van der Waals surface area contributed by atoms with Crippen molar-refractivity contribution in [3.05, 3.63) is 70.2 Å². The van der Waals surface area contributed by atoms with Gasteiger partial charge in [-0.1, -0.05) is 29.8 Å². The number of alkyl halides is 3. The molecule has 0 aromatic heterocycles. The number of esters is 1. The number of rotatable bonds is 3. The first-order chi connectivity index (χ1) is 13.2. The molecule has 148 valence electrons. The zero-order chi connectivity index (χ0) is 20.5. The third-order valence-electron chi connectivity index (χ3n) is 4.28. The Labute approximate surface area is 168 Å². The summed E-state index contributed by atoms with van der Waals surface area (Å²) in [5, 5.41) is -0.129. The lowest BCUT2D eigenvalue weighted by molar-refractivity contribution is -0.145. The lowest BCUT2D eigenvalue weighted by atomic mass is 10.1. The van der Waals surface area contributed by atoms with E-state index in [0.717, 1.165) is 12.1 Å². The molecule has 1 heterocycles. The van der Waals surface area contributed by atoms with E-state index in [9.17, 15) is 22.8 Å². The maximum absolute atomic E-state index is 13.1. The molecule has 1 aliphatic rings. The molecule has 2 aromatic rings. The van der Waals surface area contributed by atoms with Gasteiger partial charge in [-0.2, -0.15) is 13.2 Å². The van der Waals surface area contributed by atoms with Crippen LogP contribution in [0.3, 0.4) is 0 Å². The number of halogens is 4. The first kappa shape index (κ1) is 20.5. The Morgan fingerprint density at radius 3 is 2.54 bits per heavy atom. The van der Waals surface area contributed by atoms with Crippen molar-refractivity contribution in [2.24, 2.45) is 0 Å². The summed E-state index contributed by atoms with van der Waals surface area (Å²) in [5.41, 5.74) is -0.415. The minimum Gasteiger partial charge on any atom is -0.467 e. The van der Waals surface area contributed by atoms with E-state index < -0.39 is 35.0 Å². The highest BCUT2D eigenvalue weighted by Crippen LogP contribution is 2.43. The quantitative estimate of drug-likeness (QED) is 0.658. The van der Waals surface area contributed by atoms with Crippen molar-refractivity contribution in [1.82, 2.24) is 4.90 Å². The predicted octanol–water partition coefficient (Wildman–Crippen LogP) is 4.79. The molecule has 0 N–H and O–H groups in total. The van der Waals surface area contributed by atoms with Crippen molar-refractivity contribution in [1.29, 1.82) is 0 Å². The van der Waals surface area contributed by atoms with Crippen molar-refractivity contribution in [3.8, 4) is 0 Å². The highest BCUT2D eigenvalue weighted by atomic mass is 35.5. The van der Waals surface area contributed by atoms with Crippen LogP contribution in [0, 0.1) is 0 Å². The Kier molecular flexibility index (Phi) is 5.90. The summed E-state index contributed by atoms with van der Waals surface area (Å²) in [7, 11) is 1.20. The van der Waals surface area contributed by atoms with E-state index in [2.05, 4.69) is 0 Å². The van der Waals surface area contributed by atoms with Crippen LogP contribution in [0.25, 0.3) is 0 Å². The van der Waals surface area contributed by atoms with Gasteiger partial charge in [0.05, 0.1) is 12.7 Å². The van der Waals surface area contributed by atoms with Crippen LogP contribution in [0.5, 0.6) is 0 Å². The van der Waals surface area contributed by atoms with E-state index in [1.807, 2.05) is 0 Å². The number of carbonyl (C=O) groups excluding carboxylic acids is 2. The number of thioether (sulfide) groups is 1. The van der Waals surface area contributed by atoms with Gasteiger partial charge in [-0.25, -0.2) is 4.79 Å². The molecule has 2 unspecified atom stereocenters. The van der Waals surface area contributed by atoms with E-state index in [-0.39, 0.29) is 11.3 Å². The first-order valence-electron chi connectivity index (χ1n) is 8.17. The first-order valence-corrected chi connectivity index (χ1v) is 9.60. The molecule has 0 aliphatic carbocycles. The second kappa shape index (κ2) is 8.05. The van der Waals surface area contributed by atoms with Crippen molar-refractivity contribution >= 4 is 35.2 Å². The van der Waals surface area contributed by atoms with Crippen LogP contribution in [0.15, 0.2) is 48.5 Å². The molecule has 1 saturated heterocycles. The van der Waals surface area contributed by atoms with Gasteiger partial charge in [-0.3, -0.25) is 4.79 Å². The average Bonchev–Trinajstić information content (AvgIpc) is 3.11. The van der Waals surface area contributed by atoms with Gasteiger partial charge in [-0.05, 0) is 35.9 Å². The zero-order valence-corrected chi connectivity index (χ0v) is 16.1. The molecule has 1 aliphatic heterocycles. The summed E-state index contributed by atoms with van der Waals surface area (Å²) in [5.74, 6) is -1.05. The smallest absolute Gasteiger partial charge is 0.416 e. The molecular formula is C19H15ClF3NO3S. The highest BCUT2D eigenvalue weighted by molar-refractivity contribution is 7.99. The second-order valence-corrected chi connectivity index (χ2v) is 7.62. The number of hydrogen-bond donors (Lipinski definition) is 0. The van der Waals surface area contributed by atoms with Gasteiger partial charge in [0.25, 0.3) is 5.91 Å². The molecule has 28 heavy (non-hydrogen) atoms. The van der Waals surface area contributed by atoms with E-state index >= 15 is 0 Å². The van der Waals surface area contributed by atoms with Crippen LogP contribution in [0.2, 0.25) is 5.02 Å². The SMILES string of the molecule is COC(=O)C1CSC(c2cccc(Cl)c2)N1C(=O)c1cccc(C(F)(F)F)c1. The lowest BCUT2D eigenvalue weighted by Gasteiger charge is -2.28. The molecule has 2 aromatic carbocycles. The Hall–Kier alpha value is -2.19. The molecular weight excluding hydrogens is 415 g/mol. The Balaban J connectivity index is 2.02. The van der Waals surface area contributed by atoms with Gasteiger partial charge in [0.1, 0.15) is 11.4 Å². The third-order valence-corrected chi connectivity index (χ3v) is 5.84. The summed E-state index contributed by atoms with van der Waals surface area (Å²) in [6, 6.07) is 10.0. The number of carbonyl (C=O) groups is 2. The van der Waals surface area contributed by atoms with E-state index in [1.165, 1.54) is 35.9 Å². The van der Waals surface area contributed by atoms with Gasteiger partial charge < -0.3 is 9.64 Å². The average molecular weight is 430 g/mol. The van der Waals surface area contributed by atoms with Gasteiger partial charge in [0, 0.05) is 16.3 Å². The van der Waals surface area contributed by atoms with Gasteiger partial charge in [-0.15, -0.1) is 11.8 Å². The van der Waals surface area contributed by atoms with Crippen molar-refractivity contribution in [2.45, 2.75) is 17.6 Å². The van der Waals surface area contributed by atoms with Crippen molar-refractivity contribution < 1.29 is 27.5 Å². The normalized spacial score (nSPS) is 19.5. The monoisotopic (exact) mass is 429 g/mol. The lowest BCUT2D eigenvalue weighted by Crippen LogP contribution is -2.43. The molecule has 2 atom stereocenters. The molecule has 1 amide bonds. The Morgan fingerprint density at radius 1 is 1.18 bits per heavy atom. The van der Waals surface area contributed by atoms with E-state index in [0.29, 0.717) is 10.6 Å². The summed E-state index contributed by atoms with van der Waals surface area (Å²) in [6.07, 6.45) is -4.58. The maximum atomic E-state index is 13.1. The van der Waals surface area contributed by atoms with Crippen LogP contribution < -0.4 is 0 Å². The number of nitrogens with zero attached hydrogens (tertiary/aromatic N) is 1. The maximum Gasteiger partial charge on any atom is 0.416 e. The second-order valence-electron chi connectivity index (χ2n) is 6.07. The fraction of sp³-hybridized carbons (Fsp3) is 0.263. The number of methoxy groups -OCH3 is 1. The predicted molar refractivity (Wildman–Crippen MR) is 100 cm³/mol. The standard InChI is InChI=1S/C19H15ClF3NO3S/c1-27-18(26)15-10-28-17(12-5-3-7-14(20)9-12)24(15)16(25)11-4-2-6-13(8-11)19(21,22)23/h2-9,15,17H,10H2,1H3. The Bertz CT molecular complexity index is 906. The van der Waals surface area contributed by atoms with Crippen molar-refractivity contribution in [3.63, 3.8) is 0 Å². The van der Waals surface area contributed by atoms with Crippen LogP contribution >= 0.6 is 23.4 Å². The minimum atomic E-state index is -4.58. The number of benzene rings is 2. The molecule has 1 fully saturated rings. The molecule has 9 heteroatoms. The summed E-state index contributed by atoms with van der Waals surface area (Å²) in [4.78, 5) is 26.6. The van der Waals surface area contributed by atoms with Crippen LogP contribution in [0.4, 0.5) is 13.2 Å².